The summed E-state index contributed by atoms with van der Waals surface area (Å²) in [7, 11) is 0. The van der Waals surface area contributed by atoms with E-state index in [1.807, 2.05) is 0 Å². The van der Waals surface area contributed by atoms with Crippen molar-refractivity contribution in [1.82, 2.24) is 4.98 Å². The minimum absolute atomic E-state index is 0.00147. The first-order valence-corrected chi connectivity index (χ1v) is 8.41. The van der Waals surface area contributed by atoms with Crippen LogP contribution >= 0.6 is 0 Å². The number of amides is 1. The number of carboxylic acid groups (broad SMARTS) is 1. The van der Waals surface area contributed by atoms with Crippen LogP contribution in [0.2, 0.25) is 0 Å². The molecule has 8 heteroatoms. The molecule has 0 aliphatic carbocycles. The smallest absolute Gasteiger partial charge is 0.339 e. The number of aromatic nitrogens is 1. The lowest BCUT2D eigenvalue weighted by molar-refractivity contribution is -0.148. The summed E-state index contributed by atoms with van der Waals surface area (Å²) in [5, 5.41) is 12.1. The molecule has 0 spiro atoms. The van der Waals surface area contributed by atoms with E-state index in [2.05, 4.69) is 10.3 Å². The topological polar surface area (TPSA) is 109 Å². The van der Waals surface area contributed by atoms with Gasteiger partial charge in [-0.3, -0.25) is 9.59 Å². The summed E-state index contributed by atoms with van der Waals surface area (Å²) in [6, 6.07) is 1.40. The van der Waals surface area contributed by atoms with Gasteiger partial charge in [0.1, 0.15) is 11.4 Å². The minimum atomic E-state index is -1.13. The molecule has 1 amide bonds. The number of rotatable bonds is 6. The zero-order valence-electron chi connectivity index (χ0n) is 14.4. The van der Waals surface area contributed by atoms with Crippen molar-refractivity contribution in [1.29, 1.82) is 0 Å². The van der Waals surface area contributed by atoms with E-state index in [9.17, 15) is 19.5 Å². The van der Waals surface area contributed by atoms with Gasteiger partial charge >= 0.3 is 11.9 Å². The van der Waals surface area contributed by atoms with Gasteiger partial charge in [0, 0.05) is 19.5 Å². The Balaban J connectivity index is 2.23. The zero-order valence-corrected chi connectivity index (χ0v) is 14.4. The fraction of sp³-hybridized carbons (Fsp3) is 0.529. The van der Waals surface area contributed by atoms with Crippen LogP contribution in [0.5, 0.6) is 0 Å². The van der Waals surface area contributed by atoms with Gasteiger partial charge in [0.05, 0.1) is 24.4 Å². The average molecular weight is 349 g/mol. The normalized spacial score (nSPS) is 17.0. The van der Waals surface area contributed by atoms with Crippen molar-refractivity contribution in [3.63, 3.8) is 0 Å². The molecule has 0 bridgehead atoms. The predicted molar refractivity (Wildman–Crippen MR) is 91.7 cm³/mol. The first-order valence-electron chi connectivity index (χ1n) is 8.41. The fourth-order valence-electron chi connectivity index (χ4n) is 2.81. The lowest BCUT2D eigenvalue weighted by atomic mass is 9.98. The van der Waals surface area contributed by atoms with Gasteiger partial charge in [0.2, 0.25) is 5.91 Å². The van der Waals surface area contributed by atoms with Crippen LogP contribution in [0.15, 0.2) is 12.3 Å². The highest BCUT2D eigenvalue weighted by Gasteiger charge is 2.29. The molecule has 1 aromatic heterocycles. The first-order chi connectivity index (χ1) is 12.0. The van der Waals surface area contributed by atoms with Crippen molar-refractivity contribution in [2.75, 3.05) is 29.9 Å². The summed E-state index contributed by atoms with van der Waals surface area (Å²) in [5.41, 5.74) is 0.338. The summed E-state index contributed by atoms with van der Waals surface area (Å²) >= 11 is 0. The second kappa shape index (κ2) is 8.46. The van der Waals surface area contributed by atoms with Gasteiger partial charge in [-0.1, -0.05) is 6.92 Å². The lowest BCUT2D eigenvalue weighted by Gasteiger charge is -2.33. The maximum atomic E-state index is 12.0. The quantitative estimate of drug-likeness (QED) is 0.755. The molecule has 0 radical (unpaired) electrons. The number of carboxylic acids is 1. The molecule has 136 valence electrons. The van der Waals surface area contributed by atoms with E-state index < -0.39 is 5.97 Å². The molecular formula is C17H23N3O5. The molecule has 1 saturated heterocycles. The number of nitrogens with zero attached hydrogens (tertiary/aromatic N) is 2. The van der Waals surface area contributed by atoms with Crippen LogP contribution in [-0.4, -0.2) is 47.6 Å². The van der Waals surface area contributed by atoms with Crippen LogP contribution in [0.4, 0.5) is 11.5 Å². The number of piperidine rings is 1. The monoisotopic (exact) mass is 349 g/mol. The lowest BCUT2D eigenvalue weighted by Crippen LogP contribution is -2.40. The van der Waals surface area contributed by atoms with Crippen molar-refractivity contribution in [3.05, 3.63) is 17.8 Å². The molecule has 8 nitrogen and oxygen atoms in total. The molecule has 2 rings (SSSR count). The number of anilines is 2. The van der Waals surface area contributed by atoms with Gasteiger partial charge in [-0.25, -0.2) is 9.78 Å². The van der Waals surface area contributed by atoms with Crippen LogP contribution in [-0.2, 0) is 14.3 Å². The summed E-state index contributed by atoms with van der Waals surface area (Å²) in [6.45, 7) is 4.76. The van der Waals surface area contributed by atoms with E-state index in [0.717, 1.165) is 6.42 Å². The Kier molecular flexibility index (Phi) is 6.32. The van der Waals surface area contributed by atoms with Crippen LogP contribution < -0.4 is 10.2 Å². The summed E-state index contributed by atoms with van der Waals surface area (Å²) in [5.74, 6) is -1.61. The van der Waals surface area contributed by atoms with Gasteiger partial charge in [0.15, 0.2) is 0 Å². The Bertz CT molecular complexity index is 662. The number of esters is 1. The molecule has 1 aromatic rings. The highest BCUT2D eigenvalue weighted by atomic mass is 16.5. The molecule has 1 aliphatic heterocycles. The number of ether oxygens (including phenoxy) is 1. The Hall–Kier alpha value is -2.64. The maximum absolute atomic E-state index is 12.0. The second-order valence-corrected chi connectivity index (χ2v) is 5.84. The Morgan fingerprint density at radius 3 is 2.80 bits per heavy atom. The number of aromatic carboxylic acids is 1. The Labute approximate surface area is 146 Å². The average Bonchev–Trinajstić information content (AvgIpc) is 2.61. The van der Waals surface area contributed by atoms with E-state index in [1.54, 1.807) is 18.7 Å². The summed E-state index contributed by atoms with van der Waals surface area (Å²) in [4.78, 5) is 41.1. The number of carbonyl (C=O) groups is 3. The predicted octanol–water partition coefficient (Wildman–Crippen LogP) is 1.91. The van der Waals surface area contributed by atoms with E-state index >= 15 is 0 Å². The number of hydrogen-bond acceptors (Lipinski definition) is 6. The largest absolute Gasteiger partial charge is 0.478 e. The van der Waals surface area contributed by atoms with E-state index in [0.29, 0.717) is 37.6 Å². The summed E-state index contributed by atoms with van der Waals surface area (Å²) < 4.78 is 5.07. The number of nitrogens with one attached hydrogen (secondary N) is 1. The molecule has 0 aromatic carbocycles. The molecule has 1 atom stereocenters. The van der Waals surface area contributed by atoms with Crippen molar-refractivity contribution < 1.29 is 24.2 Å². The van der Waals surface area contributed by atoms with Crippen molar-refractivity contribution in [2.45, 2.75) is 33.1 Å². The van der Waals surface area contributed by atoms with Gasteiger partial charge in [-0.15, -0.1) is 0 Å². The minimum Gasteiger partial charge on any atom is -0.478 e. The van der Waals surface area contributed by atoms with Gasteiger partial charge in [0.25, 0.3) is 0 Å². The van der Waals surface area contributed by atoms with E-state index in [1.165, 1.54) is 12.3 Å². The van der Waals surface area contributed by atoms with Crippen molar-refractivity contribution >= 4 is 29.4 Å². The molecule has 1 aliphatic rings. The molecule has 2 N–H and O–H groups in total. The molecule has 1 fully saturated rings. The second-order valence-electron chi connectivity index (χ2n) is 5.84. The number of carbonyl (C=O) groups excluding carboxylic acids is 2. The van der Waals surface area contributed by atoms with Gasteiger partial charge < -0.3 is 20.1 Å². The van der Waals surface area contributed by atoms with Crippen LogP contribution in [0.25, 0.3) is 0 Å². The number of pyridine rings is 1. The van der Waals surface area contributed by atoms with E-state index in [-0.39, 0.29) is 29.8 Å². The third-order valence-corrected chi connectivity index (χ3v) is 4.04. The Morgan fingerprint density at radius 2 is 2.16 bits per heavy atom. The van der Waals surface area contributed by atoms with Crippen LogP contribution in [0.3, 0.4) is 0 Å². The fourth-order valence-corrected chi connectivity index (χ4v) is 2.81. The van der Waals surface area contributed by atoms with E-state index in [4.69, 9.17) is 4.74 Å². The standard InChI is InChI=1S/C17H23N3O5/c1-3-14(21)19-12-8-13(16(22)23)15(18-9-12)20-7-5-6-11(10-20)17(24)25-4-2/h8-9,11H,3-7,10H2,1-2H3,(H,19,21)(H,22,23). The highest BCUT2D eigenvalue weighted by Crippen LogP contribution is 2.27. The first kappa shape index (κ1) is 18.7. The Morgan fingerprint density at radius 1 is 1.40 bits per heavy atom. The zero-order chi connectivity index (χ0) is 18.4. The SMILES string of the molecule is CCOC(=O)C1CCCN(c2ncc(NC(=O)CC)cc2C(=O)O)C1. The summed E-state index contributed by atoms with van der Waals surface area (Å²) in [6.07, 6.45) is 3.18. The van der Waals surface area contributed by atoms with Gasteiger partial charge in [-0.05, 0) is 25.8 Å². The van der Waals surface area contributed by atoms with Gasteiger partial charge in [-0.2, -0.15) is 0 Å². The van der Waals surface area contributed by atoms with Crippen molar-refractivity contribution in [2.24, 2.45) is 5.92 Å². The highest BCUT2D eigenvalue weighted by molar-refractivity contribution is 5.97. The van der Waals surface area contributed by atoms with Crippen LogP contribution in [0.1, 0.15) is 43.5 Å². The number of hydrogen-bond donors (Lipinski definition) is 2. The maximum Gasteiger partial charge on any atom is 0.339 e. The van der Waals surface area contributed by atoms with Crippen molar-refractivity contribution in [3.8, 4) is 0 Å². The molecule has 25 heavy (non-hydrogen) atoms. The third-order valence-electron chi connectivity index (χ3n) is 4.04. The molecule has 0 saturated carbocycles. The molecular weight excluding hydrogens is 326 g/mol. The molecule has 1 unspecified atom stereocenters. The molecule has 2 heterocycles. The van der Waals surface area contributed by atoms with Crippen LogP contribution in [0, 0.1) is 5.92 Å². The third kappa shape index (κ3) is 4.68.